The monoisotopic (exact) mass is 392 g/mol. The Morgan fingerprint density at radius 2 is 1.08 bits per heavy atom. The van der Waals surface area contributed by atoms with Crippen LogP contribution in [0, 0.1) is 0 Å². The molecule has 0 atom stereocenters. The Balaban J connectivity index is 5.22. The van der Waals surface area contributed by atoms with E-state index in [1.54, 1.807) is 6.92 Å². The average molecular weight is 396 g/mol. The molecule has 0 saturated heterocycles. The van der Waals surface area contributed by atoms with Crippen LogP contribution in [0.2, 0.25) is 4.28 Å². The fourth-order valence-corrected chi connectivity index (χ4v) is 33.1. The van der Waals surface area contributed by atoms with E-state index < -0.39 is 23.7 Å². The molecule has 0 bridgehead atoms. The Morgan fingerprint density at radius 3 is 1.08 bits per heavy atom. The van der Waals surface area contributed by atoms with Crippen LogP contribution in [0.25, 0.3) is 0 Å². The van der Waals surface area contributed by atoms with Crippen LogP contribution < -0.4 is 0 Å². The molecule has 0 amide bonds. The first kappa shape index (κ1) is 16.0. The Morgan fingerprint density at radius 1 is 0.846 bits per heavy atom. The van der Waals surface area contributed by atoms with E-state index in [0.717, 1.165) is 0 Å². The van der Waals surface area contributed by atoms with Crippen LogP contribution >= 0.6 is 88.6 Å². The van der Waals surface area contributed by atoms with Gasteiger partial charge in [-0.05, 0) is 0 Å². The molecule has 0 aliphatic carbocycles. The second kappa shape index (κ2) is 5.09. The largest absolute Gasteiger partial charge is 0.347 e. The molecule has 0 fully saturated rings. The molecule has 80 valence electrons. The summed E-state index contributed by atoms with van der Waals surface area (Å²) in [5.41, 5.74) is 0. The molecule has 0 rings (SSSR count). The zero-order valence-corrected chi connectivity index (χ0v) is 15.3. The van der Waals surface area contributed by atoms with Crippen LogP contribution in [0.15, 0.2) is 0 Å². The summed E-state index contributed by atoms with van der Waals surface area (Å²) in [5.74, 6) is 0. The highest BCUT2D eigenvalue weighted by molar-refractivity contribution is 7.81. The van der Waals surface area contributed by atoms with Gasteiger partial charge in [0.2, 0.25) is 7.42 Å². The standard InChI is InChI=1S/C2H4Cl8Si3/c1-2(11(3)4,12(5,6)7)13(8,9)10/h11H,1H3. The fourth-order valence-electron chi connectivity index (χ4n) is 0.408. The molecule has 0 aliphatic heterocycles. The van der Waals surface area contributed by atoms with E-state index in [9.17, 15) is 0 Å². The molecule has 0 aromatic carbocycles. The SMILES string of the molecule is CC([SiH](Cl)Cl)([Si](Cl)(Cl)Cl)[Si](Cl)(Cl)Cl. The van der Waals surface area contributed by atoms with Crippen LogP contribution in [0.5, 0.6) is 0 Å². The van der Waals surface area contributed by atoms with Crippen molar-refractivity contribution >= 4 is 108 Å². The van der Waals surface area contributed by atoms with Gasteiger partial charge in [-0.1, -0.05) is 6.92 Å². The van der Waals surface area contributed by atoms with Crippen molar-refractivity contribution in [2.45, 2.75) is 11.2 Å². The van der Waals surface area contributed by atoms with E-state index in [2.05, 4.69) is 0 Å². The van der Waals surface area contributed by atoms with Gasteiger partial charge in [0.05, 0.1) is 4.28 Å². The molecule has 0 aliphatic rings. The van der Waals surface area contributed by atoms with Crippen LogP contribution in [-0.2, 0) is 0 Å². The molecule has 0 radical (unpaired) electrons. The van der Waals surface area contributed by atoms with Crippen molar-refractivity contribution in [1.82, 2.24) is 0 Å². The summed E-state index contributed by atoms with van der Waals surface area (Å²) >= 11 is 46.7. The summed E-state index contributed by atoms with van der Waals surface area (Å²) in [7, 11) is -2.37. The van der Waals surface area contributed by atoms with Crippen LogP contribution in [-0.4, -0.2) is 19.4 Å². The topological polar surface area (TPSA) is 0 Å². The van der Waals surface area contributed by atoms with E-state index in [4.69, 9.17) is 88.6 Å². The summed E-state index contributed by atoms with van der Waals surface area (Å²) in [5, 5.41) is 0. The van der Waals surface area contributed by atoms with Gasteiger partial charge in [-0.15, -0.1) is 66.5 Å². The Kier molecular flexibility index (Phi) is 6.25. The zero-order valence-electron chi connectivity index (χ0n) is 6.10. The van der Waals surface area contributed by atoms with Crippen LogP contribution in [0.3, 0.4) is 0 Å². The summed E-state index contributed by atoms with van der Waals surface area (Å²) < 4.78 is -1.08. The van der Waals surface area contributed by atoms with Gasteiger partial charge in [0.25, 0.3) is 0 Å². The van der Waals surface area contributed by atoms with Crippen molar-refractivity contribution in [1.29, 1.82) is 0 Å². The Labute approximate surface area is 118 Å². The first-order valence-corrected chi connectivity index (χ1v) is 17.0. The first-order valence-electron chi connectivity index (χ1n) is 2.86. The van der Waals surface area contributed by atoms with Gasteiger partial charge in [-0.3, -0.25) is 0 Å². The maximum atomic E-state index is 5.84. The molecule has 0 saturated carbocycles. The minimum absolute atomic E-state index is 1.08. The summed E-state index contributed by atoms with van der Waals surface area (Å²) in [6.07, 6.45) is 0. The predicted molar refractivity (Wildman–Crippen MR) is 73.8 cm³/mol. The Bertz CT molecular complexity index is 165. The van der Waals surface area contributed by atoms with Crippen molar-refractivity contribution in [3.8, 4) is 0 Å². The molecule has 0 unspecified atom stereocenters. The second-order valence-electron chi connectivity index (χ2n) is 2.50. The van der Waals surface area contributed by atoms with Gasteiger partial charge < -0.3 is 0 Å². The highest BCUT2D eigenvalue weighted by Crippen LogP contribution is 2.60. The molecule has 0 aromatic rings. The van der Waals surface area contributed by atoms with Gasteiger partial charge in [0.15, 0.2) is 0 Å². The van der Waals surface area contributed by atoms with Gasteiger partial charge >= 0.3 is 12.0 Å². The van der Waals surface area contributed by atoms with E-state index in [1.165, 1.54) is 0 Å². The van der Waals surface area contributed by atoms with E-state index in [1.807, 2.05) is 0 Å². The smallest absolute Gasteiger partial charge is 0.150 e. The third-order valence-electron chi connectivity index (χ3n) is 1.61. The molecule has 0 nitrogen and oxygen atoms in total. The number of rotatable bonds is 3. The molecular formula is C2H4Cl8Si3. The van der Waals surface area contributed by atoms with Crippen LogP contribution in [0.4, 0.5) is 0 Å². The van der Waals surface area contributed by atoms with Gasteiger partial charge in [-0.25, -0.2) is 0 Å². The molecule has 11 heteroatoms. The first-order chi connectivity index (χ1) is 5.44. The highest BCUT2D eigenvalue weighted by atomic mass is 35.8. The highest BCUT2D eigenvalue weighted by Gasteiger charge is 2.66. The second-order valence-corrected chi connectivity index (χ2v) is 27.0. The molecule has 0 spiro atoms. The summed E-state index contributed by atoms with van der Waals surface area (Å²) in [6, 6.07) is -6.46. The minimum atomic E-state index is -3.23. The normalized spacial score (nSPS) is 15.2. The lowest BCUT2D eigenvalue weighted by Crippen LogP contribution is -2.51. The lowest BCUT2D eigenvalue weighted by Gasteiger charge is -2.38. The van der Waals surface area contributed by atoms with Gasteiger partial charge in [0, 0.05) is 0 Å². The van der Waals surface area contributed by atoms with Crippen molar-refractivity contribution in [3.63, 3.8) is 0 Å². The lowest BCUT2D eigenvalue weighted by atomic mass is 10.9. The number of hydrogen-bond acceptors (Lipinski definition) is 0. The maximum Gasteiger partial charge on any atom is 0.347 e. The van der Waals surface area contributed by atoms with Crippen molar-refractivity contribution in [2.24, 2.45) is 0 Å². The quantitative estimate of drug-likeness (QED) is 0.474. The van der Waals surface area contributed by atoms with E-state index in [0.29, 0.717) is 0 Å². The fraction of sp³-hybridized carbons (Fsp3) is 1.00. The average Bonchev–Trinajstić information content (AvgIpc) is 1.80. The molecule has 0 aromatic heterocycles. The van der Waals surface area contributed by atoms with E-state index in [-0.39, 0.29) is 0 Å². The molecular weight excluding hydrogens is 392 g/mol. The molecule has 0 heterocycles. The number of halogens is 8. The van der Waals surface area contributed by atoms with Crippen molar-refractivity contribution < 1.29 is 0 Å². The predicted octanol–water partition coefficient (Wildman–Crippen LogP) is 4.83. The van der Waals surface area contributed by atoms with Crippen molar-refractivity contribution in [2.75, 3.05) is 0 Å². The maximum absolute atomic E-state index is 5.84. The Hall–Kier alpha value is 2.97. The molecule has 13 heavy (non-hydrogen) atoms. The van der Waals surface area contributed by atoms with Crippen molar-refractivity contribution in [3.05, 3.63) is 0 Å². The summed E-state index contributed by atoms with van der Waals surface area (Å²) in [4.78, 5) is 0. The van der Waals surface area contributed by atoms with Crippen LogP contribution in [0.1, 0.15) is 6.92 Å². The lowest BCUT2D eigenvalue weighted by molar-refractivity contribution is 1.18. The van der Waals surface area contributed by atoms with E-state index >= 15 is 0 Å². The number of hydrogen-bond donors (Lipinski definition) is 0. The van der Waals surface area contributed by atoms with Gasteiger partial charge in [-0.2, -0.15) is 22.2 Å². The minimum Gasteiger partial charge on any atom is -0.150 e. The third-order valence-corrected chi connectivity index (χ3v) is 29.4. The summed E-state index contributed by atoms with van der Waals surface area (Å²) in [6.45, 7) is 1.56. The third kappa shape index (κ3) is 3.46. The molecule has 0 N–H and O–H groups in total. The zero-order chi connectivity index (χ0) is 11.1. The van der Waals surface area contributed by atoms with Gasteiger partial charge in [0.1, 0.15) is 0 Å².